The van der Waals surface area contributed by atoms with Crippen LogP contribution in [0.15, 0.2) is 17.5 Å². The molecule has 0 amide bonds. The molecule has 1 unspecified atom stereocenters. The molecule has 0 aliphatic heterocycles. The second kappa shape index (κ2) is 7.79. The van der Waals surface area contributed by atoms with Crippen LogP contribution < -0.4 is 5.73 Å². The summed E-state index contributed by atoms with van der Waals surface area (Å²) in [5.41, 5.74) is 5.82. The summed E-state index contributed by atoms with van der Waals surface area (Å²) >= 11 is 1.77. The van der Waals surface area contributed by atoms with E-state index in [0.29, 0.717) is 19.2 Å². The Labute approximate surface area is 102 Å². The first-order valence-corrected chi connectivity index (χ1v) is 6.72. The Hall–Kier alpha value is -0.420. The zero-order valence-corrected chi connectivity index (χ0v) is 10.7. The van der Waals surface area contributed by atoms with Crippen LogP contribution in [0.1, 0.15) is 30.2 Å². The number of aliphatic hydroxyl groups is 1. The fraction of sp³-hybridized carbons (Fsp3) is 0.667. The van der Waals surface area contributed by atoms with Crippen LogP contribution in [-0.2, 0) is 0 Å². The Balaban J connectivity index is 2.35. The second-order valence-corrected chi connectivity index (χ2v) is 5.01. The standard InChI is InChI=1S/C12H22N2OS/c1-14(7-3-2-4-8-15)11(10-13)12-6-5-9-16-12/h5-6,9,11,15H,2-4,7-8,10,13H2,1H3. The molecule has 1 aromatic rings. The molecular weight excluding hydrogens is 220 g/mol. The molecule has 92 valence electrons. The molecule has 1 aromatic heterocycles. The van der Waals surface area contributed by atoms with E-state index in [0.717, 1.165) is 25.8 Å². The molecule has 0 bridgehead atoms. The van der Waals surface area contributed by atoms with Gasteiger partial charge in [-0.25, -0.2) is 0 Å². The molecule has 0 saturated carbocycles. The molecule has 0 radical (unpaired) electrons. The van der Waals surface area contributed by atoms with Gasteiger partial charge >= 0.3 is 0 Å². The van der Waals surface area contributed by atoms with Crippen LogP contribution in [0.3, 0.4) is 0 Å². The van der Waals surface area contributed by atoms with Gasteiger partial charge in [0.25, 0.3) is 0 Å². The number of unbranched alkanes of at least 4 members (excludes halogenated alkanes) is 2. The first-order valence-electron chi connectivity index (χ1n) is 5.84. The van der Waals surface area contributed by atoms with Crippen LogP contribution in [0.2, 0.25) is 0 Å². The van der Waals surface area contributed by atoms with Crippen LogP contribution in [0, 0.1) is 0 Å². The highest BCUT2D eigenvalue weighted by atomic mass is 32.1. The van der Waals surface area contributed by atoms with Crippen LogP contribution in [0.4, 0.5) is 0 Å². The molecule has 0 aliphatic carbocycles. The van der Waals surface area contributed by atoms with E-state index in [9.17, 15) is 0 Å². The van der Waals surface area contributed by atoms with E-state index in [1.807, 2.05) is 0 Å². The predicted octanol–water partition coefficient (Wildman–Crippen LogP) is 1.84. The smallest absolute Gasteiger partial charge is 0.0561 e. The summed E-state index contributed by atoms with van der Waals surface area (Å²) in [4.78, 5) is 3.65. The zero-order valence-electron chi connectivity index (χ0n) is 9.93. The van der Waals surface area contributed by atoms with Gasteiger partial charge in [0.05, 0.1) is 6.04 Å². The van der Waals surface area contributed by atoms with Crippen molar-refractivity contribution in [3.8, 4) is 0 Å². The summed E-state index contributed by atoms with van der Waals surface area (Å²) in [5, 5.41) is 10.8. The number of nitrogens with two attached hydrogens (primary N) is 1. The van der Waals surface area contributed by atoms with Crippen LogP contribution in [-0.4, -0.2) is 36.8 Å². The van der Waals surface area contributed by atoms with Gasteiger partial charge in [-0.3, -0.25) is 4.90 Å². The number of hydrogen-bond donors (Lipinski definition) is 2. The maximum Gasteiger partial charge on any atom is 0.0561 e. The van der Waals surface area contributed by atoms with Crippen molar-refractivity contribution in [2.24, 2.45) is 5.73 Å². The van der Waals surface area contributed by atoms with Gasteiger partial charge in [0.1, 0.15) is 0 Å². The second-order valence-electron chi connectivity index (χ2n) is 4.03. The van der Waals surface area contributed by atoms with E-state index in [4.69, 9.17) is 10.8 Å². The first kappa shape index (κ1) is 13.6. The highest BCUT2D eigenvalue weighted by molar-refractivity contribution is 7.10. The molecule has 16 heavy (non-hydrogen) atoms. The van der Waals surface area contributed by atoms with E-state index >= 15 is 0 Å². The minimum Gasteiger partial charge on any atom is -0.396 e. The average Bonchev–Trinajstić information content (AvgIpc) is 2.79. The topological polar surface area (TPSA) is 49.5 Å². The number of likely N-dealkylation sites (N-methyl/N-ethyl adjacent to an activating group) is 1. The minimum atomic E-state index is 0.301. The fourth-order valence-electron chi connectivity index (χ4n) is 1.80. The fourth-order valence-corrected chi connectivity index (χ4v) is 2.70. The predicted molar refractivity (Wildman–Crippen MR) is 69.7 cm³/mol. The van der Waals surface area contributed by atoms with Crippen molar-refractivity contribution in [2.75, 3.05) is 26.7 Å². The van der Waals surface area contributed by atoms with Crippen molar-refractivity contribution >= 4 is 11.3 Å². The molecule has 0 aromatic carbocycles. The summed E-state index contributed by atoms with van der Waals surface area (Å²) in [6, 6.07) is 4.56. The Bertz CT molecular complexity index is 264. The van der Waals surface area contributed by atoms with Crippen molar-refractivity contribution < 1.29 is 5.11 Å². The molecule has 0 aliphatic rings. The molecule has 0 fully saturated rings. The van der Waals surface area contributed by atoms with E-state index in [2.05, 4.69) is 29.5 Å². The van der Waals surface area contributed by atoms with Gasteiger partial charge in [-0.15, -0.1) is 11.3 Å². The van der Waals surface area contributed by atoms with Gasteiger partial charge in [0.2, 0.25) is 0 Å². The summed E-state index contributed by atoms with van der Waals surface area (Å²) in [6.07, 6.45) is 3.11. The van der Waals surface area contributed by atoms with Crippen molar-refractivity contribution in [2.45, 2.75) is 25.3 Å². The molecule has 1 rings (SSSR count). The Morgan fingerprint density at radius 1 is 1.44 bits per heavy atom. The number of rotatable bonds is 8. The molecule has 3 nitrogen and oxygen atoms in total. The molecule has 4 heteroatoms. The molecular formula is C12H22N2OS. The number of nitrogens with zero attached hydrogens (tertiary/aromatic N) is 1. The lowest BCUT2D eigenvalue weighted by molar-refractivity contribution is 0.238. The van der Waals surface area contributed by atoms with E-state index < -0.39 is 0 Å². The van der Waals surface area contributed by atoms with E-state index in [-0.39, 0.29) is 0 Å². The molecule has 0 spiro atoms. The monoisotopic (exact) mass is 242 g/mol. The zero-order chi connectivity index (χ0) is 11.8. The number of hydrogen-bond acceptors (Lipinski definition) is 4. The Morgan fingerprint density at radius 3 is 2.81 bits per heavy atom. The highest BCUT2D eigenvalue weighted by Crippen LogP contribution is 2.23. The normalized spacial score (nSPS) is 13.2. The molecule has 1 heterocycles. The molecule has 3 N–H and O–H groups in total. The average molecular weight is 242 g/mol. The van der Waals surface area contributed by atoms with Crippen molar-refractivity contribution in [3.63, 3.8) is 0 Å². The lowest BCUT2D eigenvalue weighted by Gasteiger charge is -2.26. The largest absolute Gasteiger partial charge is 0.396 e. The lowest BCUT2D eigenvalue weighted by Crippen LogP contribution is -2.30. The van der Waals surface area contributed by atoms with Gasteiger partial charge in [0.15, 0.2) is 0 Å². The summed E-state index contributed by atoms with van der Waals surface area (Å²) in [5.74, 6) is 0. The number of thiophene rings is 1. The maximum atomic E-state index is 8.71. The summed E-state index contributed by atoms with van der Waals surface area (Å²) < 4.78 is 0. The third kappa shape index (κ3) is 4.22. The quantitative estimate of drug-likeness (QED) is 0.684. The van der Waals surface area contributed by atoms with Crippen molar-refractivity contribution in [1.82, 2.24) is 4.90 Å². The van der Waals surface area contributed by atoms with Crippen LogP contribution >= 0.6 is 11.3 Å². The van der Waals surface area contributed by atoms with Crippen LogP contribution in [0.25, 0.3) is 0 Å². The van der Waals surface area contributed by atoms with Gasteiger partial charge in [0, 0.05) is 18.0 Å². The SMILES string of the molecule is CN(CCCCCO)C(CN)c1cccs1. The lowest BCUT2D eigenvalue weighted by atomic mass is 10.2. The Morgan fingerprint density at radius 2 is 2.25 bits per heavy atom. The van der Waals surface area contributed by atoms with Gasteiger partial charge in [-0.2, -0.15) is 0 Å². The maximum absolute atomic E-state index is 8.71. The third-order valence-corrected chi connectivity index (χ3v) is 3.77. The minimum absolute atomic E-state index is 0.301. The van der Waals surface area contributed by atoms with Crippen molar-refractivity contribution in [3.05, 3.63) is 22.4 Å². The summed E-state index contributed by atoms with van der Waals surface area (Å²) in [7, 11) is 2.12. The number of aliphatic hydroxyl groups excluding tert-OH is 1. The Kier molecular flexibility index (Phi) is 6.64. The molecule has 0 saturated heterocycles. The van der Waals surface area contributed by atoms with E-state index in [1.54, 1.807) is 11.3 Å². The summed E-state index contributed by atoms with van der Waals surface area (Å²) in [6.45, 7) is 2.01. The first-order chi connectivity index (χ1) is 7.79. The van der Waals surface area contributed by atoms with E-state index in [1.165, 1.54) is 4.88 Å². The van der Waals surface area contributed by atoms with Crippen molar-refractivity contribution in [1.29, 1.82) is 0 Å². The van der Waals surface area contributed by atoms with Gasteiger partial charge in [-0.1, -0.05) is 6.07 Å². The molecule has 1 atom stereocenters. The van der Waals surface area contributed by atoms with Gasteiger partial charge < -0.3 is 10.8 Å². The third-order valence-electron chi connectivity index (χ3n) is 2.80. The van der Waals surface area contributed by atoms with Gasteiger partial charge in [-0.05, 0) is 44.3 Å². The highest BCUT2D eigenvalue weighted by Gasteiger charge is 2.15. The van der Waals surface area contributed by atoms with Crippen LogP contribution in [0.5, 0.6) is 0 Å².